The number of fused-ring (bicyclic) bond motifs is 1. The molecule has 0 amide bonds. The van der Waals surface area contributed by atoms with Crippen molar-refractivity contribution >= 4 is 6.02 Å². The highest BCUT2D eigenvalue weighted by molar-refractivity contribution is 5.76. The molecule has 7 heteroatoms. The third-order valence-corrected chi connectivity index (χ3v) is 4.49. The maximum absolute atomic E-state index is 10.1. The van der Waals surface area contributed by atoms with E-state index in [1.54, 1.807) is 7.11 Å². The molecule has 1 saturated heterocycles. The number of nitrogens with zero attached hydrogens (tertiary/aromatic N) is 1. The van der Waals surface area contributed by atoms with E-state index in [0.29, 0.717) is 19.0 Å². The van der Waals surface area contributed by atoms with Gasteiger partial charge in [0.2, 0.25) is 0 Å². The lowest BCUT2D eigenvalue weighted by Gasteiger charge is -2.37. The number of benzene rings is 1. The Hall–Kier alpha value is -1.83. The lowest BCUT2D eigenvalue weighted by molar-refractivity contribution is -0.0948. The molecular formula is C16H22N2O5. The van der Waals surface area contributed by atoms with E-state index < -0.39 is 18.2 Å². The summed E-state index contributed by atoms with van der Waals surface area (Å²) in [4.78, 5) is 4.37. The van der Waals surface area contributed by atoms with Crippen molar-refractivity contribution in [3.05, 3.63) is 29.8 Å². The zero-order chi connectivity index (χ0) is 16.4. The topological polar surface area (TPSA) is 104 Å². The summed E-state index contributed by atoms with van der Waals surface area (Å²) in [5, 5.41) is 32.4. The highest BCUT2D eigenvalue weighted by Gasteiger charge is 2.48. The number of amidine groups is 1. The molecule has 1 aliphatic heterocycles. The van der Waals surface area contributed by atoms with E-state index in [1.165, 1.54) is 0 Å². The molecule has 7 nitrogen and oxygen atoms in total. The number of rotatable bonds is 4. The van der Waals surface area contributed by atoms with Crippen LogP contribution in [0.3, 0.4) is 0 Å². The van der Waals surface area contributed by atoms with Crippen LogP contribution in [0.4, 0.5) is 0 Å². The fourth-order valence-corrected chi connectivity index (χ4v) is 3.07. The second-order valence-corrected chi connectivity index (χ2v) is 5.96. The van der Waals surface area contributed by atoms with Crippen molar-refractivity contribution in [3.63, 3.8) is 0 Å². The van der Waals surface area contributed by atoms with Gasteiger partial charge in [0.1, 0.15) is 18.0 Å². The fraction of sp³-hybridized carbons (Fsp3) is 0.562. The molecule has 4 N–H and O–H groups in total. The SMILES string of the molecule is COc1ccc(CN=C2N[C@@H]3[C@@H](O)[C@H](O)[C@@H](CO)C[C@@H]3O2)cc1. The first-order valence-corrected chi connectivity index (χ1v) is 7.70. The molecule has 0 spiro atoms. The number of hydrogen-bond acceptors (Lipinski definition) is 6. The molecule has 1 aromatic rings. The number of hydrogen-bond donors (Lipinski definition) is 4. The third kappa shape index (κ3) is 3.26. The predicted molar refractivity (Wildman–Crippen MR) is 83.1 cm³/mol. The molecule has 0 radical (unpaired) electrons. The highest BCUT2D eigenvalue weighted by Crippen LogP contribution is 2.30. The first kappa shape index (κ1) is 16.0. The number of aliphatic imine (C=N–C) groups is 1. The Kier molecular flexibility index (Phi) is 4.70. The van der Waals surface area contributed by atoms with Crippen molar-refractivity contribution < 1.29 is 24.8 Å². The van der Waals surface area contributed by atoms with Crippen LogP contribution in [0.1, 0.15) is 12.0 Å². The summed E-state index contributed by atoms with van der Waals surface area (Å²) in [6, 6.07) is 7.54. The average molecular weight is 322 g/mol. The van der Waals surface area contributed by atoms with E-state index >= 15 is 0 Å². The van der Waals surface area contributed by atoms with Crippen molar-refractivity contribution in [2.45, 2.75) is 37.3 Å². The standard InChI is InChI=1S/C16H22N2O5/c1-22-11-4-2-9(3-5-11)7-17-16-18-13-12(23-16)6-10(8-19)14(20)15(13)21/h2-5,10,12-15,19-21H,6-8H2,1H3,(H,17,18)/t10-,12+,13+,14-,15-/m1/s1. The van der Waals surface area contributed by atoms with Gasteiger partial charge in [-0.3, -0.25) is 0 Å². The third-order valence-electron chi connectivity index (χ3n) is 4.49. The first-order valence-electron chi connectivity index (χ1n) is 7.70. The minimum atomic E-state index is -0.986. The van der Waals surface area contributed by atoms with Gasteiger partial charge in [0.25, 0.3) is 6.02 Å². The maximum atomic E-state index is 10.1. The van der Waals surface area contributed by atoms with Crippen molar-refractivity contribution in [2.24, 2.45) is 10.9 Å². The molecule has 126 valence electrons. The molecule has 5 atom stereocenters. The summed E-state index contributed by atoms with van der Waals surface area (Å²) in [7, 11) is 1.62. The summed E-state index contributed by atoms with van der Waals surface area (Å²) in [5.74, 6) is 0.406. The predicted octanol–water partition coefficient (Wildman–Crippen LogP) is -0.358. The molecule has 1 heterocycles. The van der Waals surface area contributed by atoms with Crippen molar-refractivity contribution in [2.75, 3.05) is 13.7 Å². The molecule has 0 unspecified atom stereocenters. The fourth-order valence-electron chi connectivity index (χ4n) is 3.07. The average Bonchev–Trinajstić information content (AvgIpc) is 3.00. The number of methoxy groups -OCH3 is 1. The van der Waals surface area contributed by atoms with Gasteiger partial charge in [0.05, 0.1) is 25.8 Å². The van der Waals surface area contributed by atoms with Gasteiger partial charge in [-0.15, -0.1) is 0 Å². The molecule has 0 aromatic heterocycles. The number of ether oxygens (including phenoxy) is 2. The van der Waals surface area contributed by atoms with Gasteiger partial charge in [-0.05, 0) is 24.1 Å². The second kappa shape index (κ2) is 6.74. The minimum absolute atomic E-state index is 0.177. The molecule has 2 fully saturated rings. The zero-order valence-corrected chi connectivity index (χ0v) is 12.9. The quantitative estimate of drug-likeness (QED) is 0.604. The largest absolute Gasteiger partial charge is 0.497 e. The number of aliphatic hydroxyl groups excluding tert-OH is 3. The highest BCUT2D eigenvalue weighted by atomic mass is 16.5. The van der Waals surface area contributed by atoms with Gasteiger partial charge < -0.3 is 30.1 Å². The molecule has 1 aromatic carbocycles. The van der Waals surface area contributed by atoms with Gasteiger partial charge in [-0.1, -0.05) is 12.1 Å². The lowest BCUT2D eigenvalue weighted by Crippen LogP contribution is -2.56. The van der Waals surface area contributed by atoms with Crippen LogP contribution >= 0.6 is 0 Å². The minimum Gasteiger partial charge on any atom is -0.497 e. The van der Waals surface area contributed by atoms with Crippen molar-refractivity contribution in [1.82, 2.24) is 5.32 Å². The van der Waals surface area contributed by atoms with Crippen molar-refractivity contribution in [3.8, 4) is 5.75 Å². The van der Waals surface area contributed by atoms with E-state index in [9.17, 15) is 15.3 Å². The van der Waals surface area contributed by atoms with Gasteiger partial charge in [-0.25, -0.2) is 4.99 Å². The van der Waals surface area contributed by atoms with Gasteiger partial charge in [-0.2, -0.15) is 0 Å². The summed E-state index contributed by atoms with van der Waals surface area (Å²) >= 11 is 0. The van der Waals surface area contributed by atoms with Crippen LogP contribution in [0.5, 0.6) is 5.75 Å². The van der Waals surface area contributed by atoms with Crippen LogP contribution in [0.15, 0.2) is 29.3 Å². The summed E-state index contributed by atoms with van der Waals surface area (Å²) in [6.45, 7) is 0.261. The van der Waals surface area contributed by atoms with E-state index in [0.717, 1.165) is 11.3 Å². The smallest absolute Gasteiger partial charge is 0.285 e. The van der Waals surface area contributed by atoms with E-state index in [-0.39, 0.29) is 18.6 Å². The van der Waals surface area contributed by atoms with Crippen LogP contribution in [0.25, 0.3) is 0 Å². The zero-order valence-electron chi connectivity index (χ0n) is 12.9. The summed E-state index contributed by atoms with van der Waals surface area (Å²) in [6.07, 6.45) is -1.76. The molecular weight excluding hydrogens is 300 g/mol. The number of nitrogens with one attached hydrogen (secondary N) is 1. The van der Waals surface area contributed by atoms with Crippen LogP contribution in [-0.4, -0.2) is 59.4 Å². The van der Waals surface area contributed by atoms with Crippen molar-refractivity contribution in [1.29, 1.82) is 0 Å². The van der Waals surface area contributed by atoms with E-state index in [1.807, 2.05) is 24.3 Å². The Bertz CT molecular complexity index is 562. The van der Waals surface area contributed by atoms with Crippen LogP contribution in [-0.2, 0) is 11.3 Å². The Morgan fingerprint density at radius 3 is 2.65 bits per heavy atom. The van der Waals surface area contributed by atoms with Crippen LogP contribution < -0.4 is 10.1 Å². The van der Waals surface area contributed by atoms with E-state index in [2.05, 4.69) is 10.3 Å². The molecule has 1 aliphatic carbocycles. The molecule has 0 bridgehead atoms. The molecule has 23 heavy (non-hydrogen) atoms. The van der Waals surface area contributed by atoms with Gasteiger partial charge >= 0.3 is 0 Å². The number of aliphatic hydroxyl groups is 3. The monoisotopic (exact) mass is 322 g/mol. The molecule has 2 aliphatic rings. The summed E-state index contributed by atoms with van der Waals surface area (Å²) < 4.78 is 10.8. The Labute approximate surface area is 134 Å². The maximum Gasteiger partial charge on any atom is 0.285 e. The molecule has 3 rings (SSSR count). The second-order valence-electron chi connectivity index (χ2n) is 5.96. The van der Waals surface area contributed by atoms with Crippen LogP contribution in [0, 0.1) is 5.92 Å². The lowest BCUT2D eigenvalue weighted by atomic mass is 9.80. The van der Waals surface area contributed by atoms with Gasteiger partial charge in [0, 0.05) is 12.5 Å². The molecule has 1 saturated carbocycles. The normalized spacial score (nSPS) is 34.6. The Morgan fingerprint density at radius 1 is 1.26 bits per heavy atom. The van der Waals surface area contributed by atoms with Gasteiger partial charge in [0.15, 0.2) is 0 Å². The Balaban J connectivity index is 1.64. The summed E-state index contributed by atoms with van der Waals surface area (Å²) in [5.41, 5.74) is 1.01. The van der Waals surface area contributed by atoms with E-state index in [4.69, 9.17) is 9.47 Å². The first-order chi connectivity index (χ1) is 11.1. The Morgan fingerprint density at radius 2 is 2.00 bits per heavy atom. The van der Waals surface area contributed by atoms with Crippen LogP contribution in [0.2, 0.25) is 0 Å².